The lowest BCUT2D eigenvalue weighted by Gasteiger charge is -2.43. The van der Waals surface area contributed by atoms with Crippen LogP contribution in [0.25, 0.3) is 11.3 Å². The zero-order valence-corrected chi connectivity index (χ0v) is 18.4. The normalized spacial score (nSPS) is 26.1. The summed E-state index contributed by atoms with van der Waals surface area (Å²) in [6.45, 7) is 1.99. The highest BCUT2D eigenvalue weighted by atomic mass is 32.2. The first kappa shape index (κ1) is 21.6. The van der Waals surface area contributed by atoms with E-state index in [0.29, 0.717) is 29.5 Å². The van der Waals surface area contributed by atoms with Gasteiger partial charge in [0.25, 0.3) is 5.92 Å². The van der Waals surface area contributed by atoms with E-state index in [1.54, 1.807) is 17.9 Å². The molecule has 0 radical (unpaired) electrons. The van der Waals surface area contributed by atoms with Crippen molar-refractivity contribution in [3.05, 3.63) is 40.3 Å². The molecule has 2 aromatic rings. The summed E-state index contributed by atoms with van der Waals surface area (Å²) in [4.78, 5) is 10.3. The first-order valence-corrected chi connectivity index (χ1v) is 12.4. The molecule has 5 rings (SSSR count). The Balaban J connectivity index is 1.61. The van der Waals surface area contributed by atoms with Crippen LogP contribution in [0.1, 0.15) is 48.2 Å². The molecule has 0 amide bonds. The maximum Gasteiger partial charge on any atom is 0.290 e. The summed E-state index contributed by atoms with van der Waals surface area (Å²) in [5, 5.41) is 9.83. The highest BCUT2D eigenvalue weighted by Gasteiger charge is 2.45. The van der Waals surface area contributed by atoms with E-state index in [4.69, 9.17) is 0 Å². The van der Waals surface area contributed by atoms with E-state index in [-0.39, 0.29) is 48.3 Å². The fraction of sp³-hybridized carbons (Fsp3) is 0.524. The molecule has 1 aromatic carbocycles. The van der Waals surface area contributed by atoms with Gasteiger partial charge in [-0.1, -0.05) is 0 Å². The van der Waals surface area contributed by atoms with Crippen molar-refractivity contribution >= 4 is 16.0 Å². The van der Waals surface area contributed by atoms with Gasteiger partial charge in [-0.25, -0.2) is 27.5 Å². The topological polar surface area (TPSA) is 95.4 Å². The van der Waals surface area contributed by atoms with Crippen LogP contribution in [0.5, 0.6) is 0 Å². The average Bonchev–Trinajstić information content (AvgIpc) is 3.24. The summed E-state index contributed by atoms with van der Waals surface area (Å²) in [6, 6.07) is 1.97. The van der Waals surface area contributed by atoms with Crippen LogP contribution in [0.15, 0.2) is 12.1 Å². The molecule has 1 unspecified atom stereocenters. The third-order valence-electron chi connectivity index (χ3n) is 6.62. The van der Waals surface area contributed by atoms with E-state index in [1.807, 2.05) is 0 Å². The van der Waals surface area contributed by atoms with Gasteiger partial charge in [-0.3, -0.25) is 0 Å². The average molecular weight is 469 g/mol. The van der Waals surface area contributed by atoms with Crippen LogP contribution in [0.4, 0.5) is 19.1 Å². The van der Waals surface area contributed by atoms with Crippen molar-refractivity contribution < 1.29 is 26.7 Å². The van der Waals surface area contributed by atoms with Crippen molar-refractivity contribution in [1.29, 1.82) is 0 Å². The molecule has 0 spiro atoms. The molecule has 1 aromatic heterocycles. The number of β-amino-alcohol motifs (C(OH)–C–C–N with tert-alkyl or cyclic N) is 1. The van der Waals surface area contributed by atoms with E-state index >= 15 is 4.39 Å². The van der Waals surface area contributed by atoms with E-state index in [9.17, 15) is 22.3 Å². The van der Waals surface area contributed by atoms with Crippen LogP contribution < -0.4 is 9.62 Å². The van der Waals surface area contributed by atoms with Crippen molar-refractivity contribution in [2.45, 2.75) is 56.7 Å². The van der Waals surface area contributed by atoms with Crippen molar-refractivity contribution in [3.63, 3.8) is 0 Å². The third kappa shape index (κ3) is 3.46. The van der Waals surface area contributed by atoms with Crippen LogP contribution in [0, 0.1) is 5.82 Å². The maximum atomic E-state index is 15.1. The first-order valence-electron chi connectivity index (χ1n) is 10.5. The summed E-state index contributed by atoms with van der Waals surface area (Å²) in [6.07, 6.45) is 0.993. The molecule has 1 fully saturated rings. The number of aryl methyl sites for hydroxylation is 1. The van der Waals surface area contributed by atoms with Crippen LogP contribution in [-0.2, 0) is 28.8 Å². The number of rotatable bonds is 4. The van der Waals surface area contributed by atoms with Gasteiger partial charge in [-0.2, -0.15) is 8.78 Å². The van der Waals surface area contributed by atoms with Crippen molar-refractivity contribution in [2.24, 2.45) is 0 Å². The molecule has 1 saturated heterocycles. The lowest BCUT2D eigenvalue weighted by atomic mass is 9.98. The molecular weight excluding hydrogens is 445 g/mol. The number of sulfonamides is 1. The van der Waals surface area contributed by atoms with Crippen molar-refractivity contribution in [1.82, 2.24) is 14.7 Å². The smallest absolute Gasteiger partial charge is 0.290 e. The molecule has 3 aliphatic rings. The fourth-order valence-electron chi connectivity index (χ4n) is 4.86. The van der Waals surface area contributed by atoms with Crippen LogP contribution in [-0.4, -0.2) is 48.4 Å². The molecular formula is C21H23F3N4O3S. The molecule has 32 heavy (non-hydrogen) atoms. The van der Waals surface area contributed by atoms with E-state index in [2.05, 4.69) is 14.7 Å². The Bertz CT molecular complexity index is 1220. The lowest BCUT2D eigenvalue weighted by Crippen LogP contribution is -2.59. The van der Waals surface area contributed by atoms with Gasteiger partial charge in [0.15, 0.2) is 0 Å². The zero-order valence-electron chi connectivity index (χ0n) is 17.6. The predicted octanol–water partition coefficient (Wildman–Crippen LogP) is 2.43. The van der Waals surface area contributed by atoms with Gasteiger partial charge in [0.2, 0.25) is 16.0 Å². The maximum absolute atomic E-state index is 15.1. The number of anilines is 1. The van der Waals surface area contributed by atoms with E-state index in [0.717, 1.165) is 6.26 Å². The molecule has 172 valence electrons. The van der Waals surface area contributed by atoms with Gasteiger partial charge < -0.3 is 10.0 Å². The number of nitrogens with one attached hydrogen (secondary N) is 1. The minimum Gasteiger partial charge on any atom is -0.389 e. The number of fused-ring (bicyclic) bond motifs is 2. The number of aliphatic hydroxyl groups excluding tert-OH is 1. The molecule has 0 saturated carbocycles. The van der Waals surface area contributed by atoms with E-state index in [1.165, 1.54) is 6.07 Å². The highest BCUT2D eigenvalue weighted by molar-refractivity contribution is 7.88. The molecule has 2 N–H and O–H groups in total. The summed E-state index contributed by atoms with van der Waals surface area (Å²) in [5.41, 5.74) is 1.51. The molecule has 2 heterocycles. The molecule has 1 aliphatic heterocycles. The number of aromatic nitrogens is 2. The largest absolute Gasteiger partial charge is 0.389 e. The van der Waals surface area contributed by atoms with Crippen molar-refractivity contribution in [3.8, 4) is 11.3 Å². The van der Waals surface area contributed by atoms with Crippen LogP contribution in [0.3, 0.4) is 0 Å². The number of hydrogen-bond acceptors (Lipinski definition) is 6. The number of halogens is 3. The Morgan fingerprint density at radius 1 is 1.25 bits per heavy atom. The summed E-state index contributed by atoms with van der Waals surface area (Å²) < 4.78 is 70.0. The number of aliphatic hydroxyl groups is 1. The zero-order chi connectivity index (χ0) is 23.0. The van der Waals surface area contributed by atoms with Gasteiger partial charge in [0, 0.05) is 29.7 Å². The Hall–Kier alpha value is -2.24. The molecule has 7 nitrogen and oxygen atoms in total. The second-order valence-electron chi connectivity index (χ2n) is 8.88. The fourth-order valence-corrected chi connectivity index (χ4v) is 5.61. The van der Waals surface area contributed by atoms with Gasteiger partial charge in [-0.05, 0) is 43.9 Å². The SMILES string of the molecule is C[C@H]1[C@H](O)CN1c1nc(-c2cc(F)c3c(c2)CCC3NS(C)(=O)=O)c2c(n1)C(F)(F)CC2. The standard InChI is InChI=1S/C21H23F3N4O3S/c1-10-16(29)9-28(10)20-25-18(13-5-6-21(23,24)19(13)26-20)12-7-11-3-4-15(27-32(2,30)31)17(11)14(22)8-12/h7-8,10,15-16,27,29H,3-6,9H2,1-2H3/t10-,15?,16+/m0/s1. The second kappa shape index (κ2) is 7.13. The first-order chi connectivity index (χ1) is 14.9. The number of hydrogen-bond donors (Lipinski definition) is 2. The van der Waals surface area contributed by atoms with Gasteiger partial charge >= 0.3 is 0 Å². The van der Waals surface area contributed by atoms with Crippen LogP contribution >= 0.6 is 0 Å². The Morgan fingerprint density at radius 3 is 2.66 bits per heavy atom. The van der Waals surface area contributed by atoms with Gasteiger partial charge in [0.1, 0.15) is 11.5 Å². The quantitative estimate of drug-likeness (QED) is 0.716. The van der Waals surface area contributed by atoms with Crippen LogP contribution in [0.2, 0.25) is 0 Å². The third-order valence-corrected chi connectivity index (χ3v) is 7.33. The minimum atomic E-state index is -3.52. The van der Waals surface area contributed by atoms with Crippen molar-refractivity contribution in [2.75, 3.05) is 17.7 Å². The van der Waals surface area contributed by atoms with Gasteiger partial charge in [0.05, 0.1) is 30.1 Å². The van der Waals surface area contributed by atoms with E-state index < -0.39 is 33.9 Å². The molecule has 3 atom stereocenters. The summed E-state index contributed by atoms with van der Waals surface area (Å²) >= 11 is 0. The predicted molar refractivity (Wildman–Crippen MR) is 111 cm³/mol. The number of benzene rings is 1. The Kier molecular flexibility index (Phi) is 4.81. The number of nitrogens with zero attached hydrogens (tertiary/aromatic N) is 3. The summed E-state index contributed by atoms with van der Waals surface area (Å²) in [5.74, 6) is -3.60. The second-order valence-corrected chi connectivity index (χ2v) is 10.7. The highest BCUT2D eigenvalue weighted by Crippen LogP contribution is 2.46. The monoisotopic (exact) mass is 468 g/mol. The molecule has 0 bridgehead atoms. The molecule has 11 heteroatoms. The molecule has 2 aliphatic carbocycles. The van der Waals surface area contributed by atoms with Gasteiger partial charge in [-0.15, -0.1) is 0 Å². The number of alkyl halides is 2. The Labute approximate surface area is 183 Å². The Morgan fingerprint density at radius 2 is 2.00 bits per heavy atom. The summed E-state index contributed by atoms with van der Waals surface area (Å²) in [7, 11) is -3.52. The lowest BCUT2D eigenvalue weighted by molar-refractivity contribution is -0.00603. The minimum absolute atomic E-state index is 0.0765.